The van der Waals surface area contributed by atoms with E-state index in [0.717, 1.165) is 44.7 Å². The summed E-state index contributed by atoms with van der Waals surface area (Å²) in [5.74, 6) is 0.930. The zero-order valence-corrected chi connectivity index (χ0v) is 11.8. The molecule has 1 aromatic rings. The average Bonchev–Trinajstić information content (AvgIpc) is 2.82. The average molecular weight is 263 g/mol. The molecule has 1 aliphatic rings. The Morgan fingerprint density at radius 3 is 2.58 bits per heavy atom. The third-order valence-electron chi connectivity index (χ3n) is 3.79. The maximum Gasteiger partial charge on any atom is 0.119 e. The number of hydrogen-bond acceptors (Lipinski definition) is 3. The van der Waals surface area contributed by atoms with Crippen LogP contribution in [-0.2, 0) is 0 Å². The fourth-order valence-corrected chi connectivity index (χ4v) is 2.81. The molecule has 0 aromatic heterocycles. The van der Waals surface area contributed by atoms with Gasteiger partial charge in [-0.3, -0.25) is 0 Å². The van der Waals surface area contributed by atoms with Crippen molar-refractivity contribution >= 4 is 0 Å². The molecule has 0 heterocycles. The van der Waals surface area contributed by atoms with E-state index in [4.69, 9.17) is 4.74 Å². The zero-order valence-electron chi connectivity index (χ0n) is 11.8. The van der Waals surface area contributed by atoms with Crippen LogP contribution >= 0.6 is 0 Å². The van der Waals surface area contributed by atoms with E-state index in [-0.39, 0.29) is 0 Å². The van der Waals surface area contributed by atoms with Gasteiger partial charge in [0, 0.05) is 13.1 Å². The van der Waals surface area contributed by atoms with Crippen LogP contribution in [0.15, 0.2) is 30.3 Å². The first kappa shape index (κ1) is 14.4. The van der Waals surface area contributed by atoms with Gasteiger partial charge in [-0.1, -0.05) is 31.0 Å². The lowest BCUT2D eigenvalue weighted by atomic mass is 10.0. The SMILES string of the molecule is CN(CCCOc1ccccc1)CC1(O)CCCC1. The number of likely N-dealkylation sites (N-methyl/N-ethyl adjacent to an activating group) is 1. The molecular formula is C16H25NO2. The first-order valence-electron chi connectivity index (χ1n) is 7.27. The van der Waals surface area contributed by atoms with Crippen molar-refractivity contribution in [3.63, 3.8) is 0 Å². The maximum atomic E-state index is 10.3. The number of para-hydroxylation sites is 1. The number of ether oxygens (including phenoxy) is 1. The van der Waals surface area contributed by atoms with E-state index in [9.17, 15) is 5.11 Å². The molecule has 0 aliphatic heterocycles. The van der Waals surface area contributed by atoms with E-state index in [0.29, 0.717) is 0 Å². The molecule has 3 heteroatoms. The highest BCUT2D eigenvalue weighted by Crippen LogP contribution is 2.29. The highest BCUT2D eigenvalue weighted by atomic mass is 16.5. The number of rotatable bonds is 7. The predicted molar refractivity (Wildman–Crippen MR) is 77.5 cm³/mol. The van der Waals surface area contributed by atoms with Crippen molar-refractivity contribution in [1.82, 2.24) is 4.90 Å². The molecule has 1 aliphatic carbocycles. The van der Waals surface area contributed by atoms with Crippen molar-refractivity contribution in [3.8, 4) is 5.75 Å². The Labute approximate surface area is 116 Å². The van der Waals surface area contributed by atoms with Gasteiger partial charge in [0.05, 0.1) is 12.2 Å². The minimum Gasteiger partial charge on any atom is -0.494 e. The van der Waals surface area contributed by atoms with Crippen molar-refractivity contribution in [2.45, 2.75) is 37.7 Å². The van der Waals surface area contributed by atoms with E-state index < -0.39 is 5.60 Å². The van der Waals surface area contributed by atoms with Gasteiger partial charge in [-0.15, -0.1) is 0 Å². The molecule has 1 fully saturated rings. The summed E-state index contributed by atoms with van der Waals surface area (Å²) in [5, 5.41) is 10.3. The van der Waals surface area contributed by atoms with Gasteiger partial charge in [0.1, 0.15) is 5.75 Å². The van der Waals surface area contributed by atoms with Crippen molar-refractivity contribution in [3.05, 3.63) is 30.3 Å². The largest absolute Gasteiger partial charge is 0.494 e. The minimum absolute atomic E-state index is 0.435. The Balaban J connectivity index is 1.60. The highest BCUT2D eigenvalue weighted by Gasteiger charge is 2.31. The van der Waals surface area contributed by atoms with E-state index in [1.54, 1.807) is 0 Å². The van der Waals surface area contributed by atoms with Gasteiger partial charge in [0.15, 0.2) is 0 Å². The number of benzene rings is 1. The Bertz CT molecular complexity index is 360. The second-order valence-corrected chi connectivity index (χ2v) is 5.68. The van der Waals surface area contributed by atoms with Crippen LogP contribution in [0.2, 0.25) is 0 Å². The molecule has 0 radical (unpaired) electrons. The zero-order chi connectivity index (χ0) is 13.6. The molecule has 0 spiro atoms. The Hall–Kier alpha value is -1.06. The summed E-state index contributed by atoms with van der Waals surface area (Å²) < 4.78 is 5.66. The Kier molecular flexibility index (Phi) is 5.23. The molecule has 1 N–H and O–H groups in total. The van der Waals surface area contributed by atoms with Crippen molar-refractivity contribution in [2.75, 3.05) is 26.7 Å². The minimum atomic E-state index is -0.435. The molecular weight excluding hydrogens is 238 g/mol. The summed E-state index contributed by atoms with van der Waals surface area (Å²) in [6.07, 6.45) is 5.24. The molecule has 0 atom stereocenters. The fraction of sp³-hybridized carbons (Fsp3) is 0.625. The third-order valence-corrected chi connectivity index (χ3v) is 3.79. The number of hydrogen-bond donors (Lipinski definition) is 1. The summed E-state index contributed by atoms with van der Waals surface area (Å²) in [5.41, 5.74) is -0.435. The quantitative estimate of drug-likeness (QED) is 0.768. The molecule has 0 bridgehead atoms. The topological polar surface area (TPSA) is 32.7 Å². The molecule has 2 rings (SSSR count). The van der Waals surface area contributed by atoms with Gasteiger partial charge in [-0.2, -0.15) is 0 Å². The lowest BCUT2D eigenvalue weighted by Crippen LogP contribution is -2.39. The van der Waals surface area contributed by atoms with E-state index in [2.05, 4.69) is 11.9 Å². The number of nitrogens with zero attached hydrogens (tertiary/aromatic N) is 1. The van der Waals surface area contributed by atoms with Crippen molar-refractivity contribution in [1.29, 1.82) is 0 Å². The van der Waals surface area contributed by atoms with Gasteiger partial charge in [0.25, 0.3) is 0 Å². The summed E-state index contributed by atoms with van der Waals surface area (Å²) in [6, 6.07) is 9.91. The summed E-state index contributed by atoms with van der Waals surface area (Å²) in [6.45, 7) is 2.49. The second kappa shape index (κ2) is 6.92. The van der Waals surface area contributed by atoms with Gasteiger partial charge >= 0.3 is 0 Å². The highest BCUT2D eigenvalue weighted by molar-refractivity contribution is 5.20. The lowest BCUT2D eigenvalue weighted by Gasteiger charge is -2.28. The standard InChI is InChI=1S/C16H25NO2/c1-17(14-16(18)10-5-6-11-16)12-7-13-19-15-8-3-2-4-9-15/h2-4,8-9,18H,5-7,10-14H2,1H3. The second-order valence-electron chi connectivity index (χ2n) is 5.68. The maximum absolute atomic E-state index is 10.3. The summed E-state index contributed by atoms with van der Waals surface area (Å²) in [7, 11) is 2.08. The molecule has 1 saturated carbocycles. The van der Waals surface area contributed by atoms with Crippen LogP contribution in [0.3, 0.4) is 0 Å². The van der Waals surface area contributed by atoms with E-state index >= 15 is 0 Å². The van der Waals surface area contributed by atoms with Gasteiger partial charge in [0.2, 0.25) is 0 Å². The van der Waals surface area contributed by atoms with Crippen LogP contribution in [0, 0.1) is 0 Å². The Morgan fingerprint density at radius 2 is 1.89 bits per heavy atom. The monoisotopic (exact) mass is 263 g/mol. The molecule has 0 unspecified atom stereocenters. The molecule has 3 nitrogen and oxygen atoms in total. The molecule has 106 valence electrons. The Morgan fingerprint density at radius 1 is 1.21 bits per heavy atom. The number of aliphatic hydroxyl groups is 1. The smallest absolute Gasteiger partial charge is 0.119 e. The fourth-order valence-electron chi connectivity index (χ4n) is 2.81. The first-order chi connectivity index (χ1) is 9.18. The van der Waals surface area contributed by atoms with E-state index in [1.165, 1.54) is 12.8 Å². The summed E-state index contributed by atoms with van der Waals surface area (Å²) >= 11 is 0. The van der Waals surface area contributed by atoms with Crippen LogP contribution in [0.4, 0.5) is 0 Å². The molecule has 1 aromatic carbocycles. The predicted octanol–water partition coefficient (Wildman–Crippen LogP) is 2.69. The van der Waals surface area contributed by atoms with Crippen LogP contribution < -0.4 is 4.74 Å². The first-order valence-corrected chi connectivity index (χ1v) is 7.27. The molecule has 0 saturated heterocycles. The molecule has 19 heavy (non-hydrogen) atoms. The normalized spacial score (nSPS) is 17.8. The van der Waals surface area contributed by atoms with Gasteiger partial charge < -0.3 is 14.7 Å². The van der Waals surface area contributed by atoms with Gasteiger partial charge in [-0.05, 0) is 38.4 Å². The van der Waals surface area contributed by atoms with Crippen molar-refractivity contribution in [2.24, 2.45) is 0 Å². The molecule has 0 amide bonds. The van der Waals surface area contributed by atoms with Crippen LogP contribution in [0.25, 0.3) is 0 Å². The van der Waals surface area contributed by atoms with Crippen molar-refractivity contribution < 1.29 is 9.84 Å². The van der Waals surface area contributed by atoms with Gasteiger partial charge in [-0.25, -0.2) is 0 Å². The summed E-state index contributed by atoms with van der Waals surface area (Å²) in [4.78, 5) is 2.22. The third kappa shape index (κ3) is 4.84. The van der Waals surface area contributed by atoms with E-state index in [1.807, 2.05) is 30.3 Å². The van der Waals surface area contributed by atoms with Crippen LogP contribution in [0.1, 0.15) is 32.1 Å². The van der Waals surface area contributed by atoms with Crippen LogP contribution in [-0.4, -0.2) is 42.4 Å². The lowest BCUT2D eigenvalue weighted by molar-refractivity contribution is 0.0155. The van der Waals surface area contributed by atoms with Crippen LogP contribution in [0.5, 0.6) is 5.75 Å².